The molecule has 74 valence electrons. The molecule has 1 fully saturated rings. The molecule has 0 amide bonds. The van der Waals surface area contributed by atoms with E-state index in [1.165, 1.54) is 38.5 Å². The number of unbranched alkanes of at least 4 members (excludes halogenated alkanes) is 2. The Morgan fingerprint density at radius 3 is 2.69 bits per heavy atom. The van der Waals surface area contributed by atoms with Gasteiger partial charge in [0.2, 0.25) is 0 Å². The smallest absolute Gasteiger partial charge is 0.0228 e. The van der Waals surface area contributed by atoms with Gasteiger partial charge in [0.15, 0.2) is 0 Å². The lowest BCUT2D eigenvalue weighted by Crippen LogP contribution is -2.14. The Bertz CT molecular complexity index is 182. The summed E-state index contributed by atoms with van der Waals surface area (Å²) in [6.45, 7) is 4.59. The molecule has 1 aliphatic rings. The van der Waals surface area contributed by atoms with Crippen molar-refractivity contribution in [1.29, 1.82) is 0 Å². The van der Waals surface area contributed by atoms with E-state index in [9.17, 15) is 0 Å². The van der Waals surface area contributed by atoms with Crippen LogP contribution in [0.15, 0.2) is 0 Å². The zero-order chi connectivity index (χ0) is 9.52. The van der Waals surface area contributed by atoms with Gasteiger partial charge >= 0.3 is 0 Å². The fourth-order valence-electron chi connectivity index (χ4n) is 2.00. The number of rotatable bonds is 2. The second kappa shape index (κ2) is 6.08. The summed E-state index contributed by atoms with van der Waals surface area (Å²) in [6, 6.07) is 0. The molecule has 0 N–H and O–H groups in total. The van der Waals surface area contributed by atoms with E-state index in [-0.39, 0.29) is 0 Å². The van der Waals surface area contributed by atoms with Crippen LogP contribution >= 0.6 is 0 Å². The van der Waals surface area contributed by atoms with Crippen LogP contribution in [0.2, 0.25) is 0 Å². The first-order valence-corrected chi connectivity index (χ1v) is 5.83. The second-order valence-electron chi connectivity index (χ2n) is 4.29. The van der Waals surface area contributed by atoms with Gasteiger partial charge in [0.1, 0.15) is 0 Å². The Balaban J connectivity index is 2.27. The van der Waals surface area contributed by atoms with Gasteiger partial charge in [-0.25, -0.2) is 0 Å². The third-order valence-electron chi connectivity index (χ3n) is 3.05. The molecule has 2 atom stereocenters. The van der Waals surface area contributed by atoms with Gasteiger partial charge in [-0.3, -0.25) is 0 Å². The topological polar surface area (TPSA) is 0 Å². The summed E-state index contributed by atoms with van der Waals surface area (Å²) in [7, 11) is 0. The van der Waals surface area contributed by atoms with Gasteiger partial charge in [-0.05, 0) is 25.2 Å². The molecule has 1 rings (SSSR count). The van der Waals surface area contributed by atoms with Crippen molar-refractivity contribution in [1.82, 2.24) is 0 Å². The molecule has 0 aliphatic heterocycles. The minimum absolute atomic E-state index is 0.714. The molecule has 0 aromatic heterocycles. The summed E-state index contributed by atoms with van der Waals surface area (Å²) in [4.78, 5) is 0. The van der Waals surface area contributed by atoms with Crippen LogP contribution in [-0.2, 0) is 0 Å². The maximum absolute atomic E-state index is 3.46. The highest BCUT2D eigenvalue weighted by molar-refractivity contribution is 5.05. The average Bonchev–Trinajstić information content (AvgIpc) is 2.15. The predicted molar refractivity (Wildman–Crippen MR) is 58.4 cm³/mol. The van der Waals surface area contributed by atoms with Gasteiger partial charge in [0.25, 0.3) is 0 Å². The van der Waals surface area contributed by atoms with E-state index in [2.05, 4.69) is 25.7 Å². The second-order valence-corrected chi connectivity index (χ2v) is 4.29. The molecular weight excluding hydrogens is 156 g/mol. The van der Waals surface area contributed by atoms with Crippen LogP contribution in [0, 0.1) is 23.7 Å². The van der Waals surface area contributed by atoms with Gasteiger partial charge in [0, 0.05) is 12.3 Å². The zero-order valence-electron chi connectivity index (χ0n) is 9.10. The average molecular weight is 178 g/mol. The molecule has 0 nitrogen and oxygen atoms in total. The Kier molecular flexibility index (Phi) is 4.98. The van der Waals surface area contributed by atoms with Crippen LogP contribution in [0.1, 0.15) is 58.8 Å². The van der Waals surface area contributed by atoms with Crippen LogP contribution in [0.3, 0.4) is 0 Å². The molecule has 0 aromatic carbocycles. The fourth-order valence-corrected chi connectivity index (χ4v) is 2.00. The van der Waals surface area contributed by atoms with Crippen LogP contribution in [-0.4, -0.2) is 0 Å². The van der Waals surface area contributed by atoms with Gasteiger partial charge in [-0.1, -0.05) is 39.0 Å². The van der Waals surface area contributed by atoms with Crippen LogP contribution < -0.4 is 0 Å². The third kappa shape index (κ3) is 3.85. The monoisotopic (exact) mass is 178 g/mol. The molecule has 1 saturated carbocycles. The quantitative estimate of drug-likeness (QED) is 0.443. The van der Waals surface area contributed by atoms with E-state index in [0.717, 1.165) is 12.3 Å². The lowest BCUT2D eigenvalue weighted by Gasteiger charge is -2.24. The maximum atomic E-state index is 3.46. The Morgan fingerprint density at radius 2 is 2.00 bits per heavy atom. The number of hydrogen-bond acceptors (Lipinski definition) is 0. The van der Waals surface area contributed by atoms with E-state index in [1.807, 2.05) is 0 Å². The molecular formula is C13H22. The van der Waals surface area contributed by atoms with Gasteiger partial charge in [-0.2, -0.15) is 0 Å². The van der Waals surface area contributed by atoms with Crippen molar-refractivity contribution in [2.45, 2.75) is 58.8 Å². The number of hydrogen-bond donors (Lipinski definition) is 0. The first-order chi connectivity index (χ1) is 6.34. The van der Waals surface area contributed by atoms with Crippen molar-refractivity contribution in [3.05, 3.63) is 0 Å². The highest BCUT2D eigenvalue weighted by Gasteiger charge is 2.18. The first-order valence-electron chi connectivity index (χ1n) is 5.83. The first kappa shape index (κ1) is 10.6. The Hall–Kier alpha value is -0.440. The van der Waals surface area contributed by atoms with E-state index < -0.39 is 0 Å². The molecule has 0 saturated heterocycles. The van der Waals surface area contributed by atoms with Crippen molar-refractivity contribution >= 4 is 0 Å². The minimum Gasteiger partial charge on any atom is -0.103 e. The van der Waals surface area contributed by atoms with Crippen molar-refractivity contribution in [3.8, 4) is 11.8 Å². The van der Waals surface area contributed by atoms with Crippen LogP contribution in [0.5, 0.6) is 0 Å². The standard InChI is InChI=1S/C13H22/c1-3-4-5-6-10-13-11-8-7-9-12(13)2/h12-13H,3-5,7-9,11H2,1-2H3. The van der Waals surface area contributed by atoms with Gasteiger partial charge < -0.3 is 0 Å². The third-order valence-corrected chi connectivity index (χ3v) is 3.05. The fraction of sp³-hybridized carbons (Fsp3) is 0.846. The van der Waals surface area contributed by atoms with Crippen molar-refractivity contribution < 1.29 is 0 Å². The molecule has 2 unspecified atom stereocenters. The maximum Gasteiger partial charge on any atom is 0.0228 e. The zero-order valence-corrected chi connectivity index (χ0v) is 9.10. The molecule has 13 heavy (non-hydrogen) atoms. The highest BCUT2D eigenvalue weighted by Crippen LogP contribution is 2.28. The van der Waals surface area contributed by atoms with Crippen molar-refractivity contribution in [2.24, 2.45) is 11.8 Å². The van der Waals surface area contributed by atoms with Gasteiger partial charge in [-0.15, -0.1) is 5.92 Å². The molecule has 0 heterocycles. The van der Waals surface area contributed by atoms with Crippen LogP contribution in [0.4, 0.5) is 0 Å². The molecule has 0 spiro atoms. The van der Waals surface area contributed by atoms with E-state index in [4.69, 9.17) is 0 Å². The molecule has 0 heteroatoms. The highest BCUT2D eigenvalue weighted by atomic mass is 14.2. The van der Waals surface area contributed by atoms with Gasteiger partial charge in [0.05, 0.1) is 0 Å². The summed E-state index contributed by atoms with van der Waals surface area (Å²) < 4.78 is 0. The summed E-state index contributed by atoms with van der Waals surface area (Å²) >= 11 is 0. The minimum atomic E-state index is 0.714. The Morgan fingerprint density at radius 1 is 1.23 bits per heavy atom. The lowest BCUT2D eigenvalue weighted by atomic mass is 9.81. The molecule has 0 aromatic rings. The van der Waals surface area contributed by atoms with Crippen LogP contribution in [0.25, 0.3) is 0 Å². The molecule has 0 radical (unpaired) electrons. The lowest BCUT2D eigenvalue weighted by molar-refractivity contribution is 0.316. The summed E-state index contributed by atoms with van der Waals surface area (Å²) in [5.74, 6) is 8.36. The van der Waals surface area contributed by atoms with E-state index in [0.29, 0.717) is 5.92 Å². The summed E-state index contributed by atoms with van der Waals surface area (Å²) in [5, 5.41) is 0. The molecule has 1 aliphatic carbocycles. The van der Waals surface area contributed by atoms with E-state index >= 15 is 0 Å². The van der Waals surface area contributed by atoms with Crippen molar-refractivity contribution in [2.75, 3.05) is 0 Å². The Labute approximate surface area is 83.1 Å². The SMILES string of the molecule is CCCCC#CC1CCCCC1C. The summed E-state index contributed by atoms with van der Waals surface area (Å²) in [5.41, 5.74) is 0. The van der Waals surface area contributed by atoms with E-state index in [1.54, 1.807) is 0 Å². The normalized spacial score (nSPS) is 27.8. The molecule has 0 bridgehead atoms. The largest absolute Gasteiger partial charge is 0.103 e. The van der Waals surface area contributed by atoms with Crippen molar-refractivity contribution in [3.63, 3.8) is 0 Å². The predicted octanol–water partition coefficient (Wildman–Crippen LogP) is 4.01. The summed E-state index contributed by atoms with van der Waals surface area (Å²) in [6.07, 6.45) is 9.22.